The van der Waals surface area contributed by atoms with Gasteiger partial charge in [-0.25, -0.2) is 0 Å². The van der Waals surface area contributed by atoms with Gasteiger partial charge < -0.3 is 16.4 Å². The van der Waals surface area contributed by atoms with Gasteiger partial charge in [-0.15, -0.1) is 0 Å². The van der Waals surface area contributed by atoms with Crippen LogP contribution in [0, 0.1) is 0 Å². The van der Waals surface area contributed by atoms with E-state index < -0.39 is 0 Å². The van der Waals surface area contributed by atoms with E-state index in [-0.39, 0.29) is 17.9 Å². The first-order valence-corrected chi connectivity index (χ1v) is 7.03. The largest absolute Gasteiger partial charge is 0.328 e. The zero-order valence-electron chi connectivity index (χ0n) is 11.7. The van der Waals surface area contributed by atoms with Crippen LogP contribution < -0.4 is 16.4 Å². The first kappa shape index (κ1) is 14.5. The van der Waals surface area contributed by atoms with Crippen LogP contribution in [-0.2, 0) is 16.0 Å². The van der Waals surface area contributed by atoms with Crippen molar-refractivity contribution in [2.45, 2.75) is 45.1 Å². The van der Waals surface area contributed by atoms with Crippen LogP contribution in [0.15, 0.2) is 18.2 Å². The van der Waals surface area contributed by atoms with Crippen molar-refractivity contribution < 1.29 is 9.59 Å². The number of hydrogen-bond acceptors (Lipinski definition) is 3. The van der Waals surface area contributed by atoms with Crippen LogP contribution in [0.3, 0.4) is 0 Å². The molecule has 0 aliphatic carbocycles. The minimum atomic E-state index is -0.0279. The quantitative estimate of drug-likeness (QED) is 0.786. The van der Waals surface area contributed by atoms with Crippen molar-refractivity contribution >= 4 is 23.2 Å². The molecule has 0 bridgehead atoms. The van der Waals surface area contributed by atoms with Gasteiger partial charge in [0.2, 0.25) is 11.8 Å². The van der Waals surface area contributed by atoms with Gasteiger partial charge in [-0.3, -0.25) is 9.59 Å². The molecule has 20 heavy (non-hydrogen) atoms. The summed E-state index contributed by atoms with van der Waals surface area (Å²) in [5.74, 6) is 0.0253. The predicted octanol–water partition coefficient (Wildman–Crippen LogP) is 2.03. The van der Waals surface area contributed by atoms with Gasteiger partial charge in [0, 0.05) is 30.3 Å². The average Bonchev–Trinajstić information content (AvgIpc) is 2.57. The molecule has 2 rings (SSSR count). The fourth-order valence-electron chi connectivity index (χ4n) is 2.23. The molecule has 1 aromatic rings. The molecule has 1 atom stereocenters. The third-order valence-corrected chi connectivity index (χ3v) is 3.34. The Hall–Kier alpha value is -1.88. The van der Waals surface area contributed by atoms with E-state index in [2.05, 4.69) is 10.6 Å². The fraction of sp³-hybridized carbons (Fsp3) is 0.467. The Balaban J connectivity index is 2.02. The summed E-state index contributed by atoms with van der Waals surface area (Å²) >= 11 is 0. The van der Waals surface area contributed by atoms with Crippen molar-refractivity contribution in [1.82, 2.24) is 0 Å². The Morgan fingerprint density at radius 1 is 1.45 bits per heavy atom. The molecule has 4 N–H and O–H groups in total. The van der Waals surface area contributed by atoms with Crippen LogP contribution in [0.25, 0.3) is 0 Å². The summed E-state index contributed by atoms with van der Waals surface area (Å²) in [5.41, 5.74) is 8.33. The Kier molecular flexibility index (Phi) is 4.74. The van der Waals surface area contributed by atoms with Crippen molar-refractivity contribution in [1.29, 1.82) is 0 Å². The van der Waals surface area contributed by atoms with Crippen LogP contribution in [0.5, 0.6) is 0 Å². The monoisotopic (exact) mass is 275 g/mol. The second kappa shape index (κ2) is 6.52. The maximum atomic E-state index is 11.8. The summed E-state index contributed by atoms with van der Waals surface area (Å²) in [5, 5.41) is 5.75. The molecule has 1 aliphatic rings. The van der Waals surface area contributed by atoms with Crippen LogP contribution in [0.2, 0.25) is 0 Å². The zero-order chi connectivity index (χ0) is 14.5. The van der Waals surface area contributed by atoms with E-state index in [1.807, 2.05) is 25.1 Å². The lowest BCUT2D eigenvalue weighted by Crippen LogP contribution is -2.19. The van der Waals surface area contributed by atoms with Crippen molar-refractivity contribution in [3.8, 4) is 0 Å². The normalized spacial score (nSPS) is 15.8. The van der Waals surface area contributed by atoms with E-state index in [0.29, 0.717) is 19.3 Å². The molecule has 0 saturated carbocycles. The number of nitrogens with one attached hydrogen (secondary N) is 2. The Morgan fingerprint density at radius 3 is 3.00 bits per heavy atom. The fourth-order valence-corrected chi connectivity index (χ4v) is 2.23. The molecule has 0 aromatic heterocycles. The molecule has 5 heteroatoms. The molecule has 0 fully saturated rings. The molecular formula is C15H21N3O2. The van der Waals surface area contributed by atoms with E-state index in [0.717, 1.165) is 29.8 Å². The minimum Gasteiger partial charge on any atom is -0.328 e. The molecule has 0 radical (unpaired) electrons. The summed E-state index contributed by atoms with van der Waals surface area (Å²) in [6.45, 7) is 1.89. The lowest BCUT2D eigenvalue weighted by Gasteiger charge is -2.11. The van der Waals surface area contributed by atoms with Gasteiger partial charge >= 0.3 is 0 Å². The molecule has 0 spiro atoms. The molecule has 0 saturated heterocycles. The highest BCUT2D eigenvalue weighted by molar-refractivity contribution is 5.94. The second-order valence-electron chi connectivity index (χ2n) is 5.34. The maximum absolute atomic E-state index is 11.8. The first-order chi connectivity index (χ1) is 9.54. The van der Waals surface area contributed by atoms with E-state index in [1.165, 1.54) is 0 Å². The molecule has 1 aromatic carbocycles. The number of anilines is 2. The number of rotatable bonds is 4. The number of nitrogens with two attached hydrogens (primary N) is 1. The van der Waals surface area contributed by atoms with Gasteiger partial charge in [0.15, 0.2) is 0 Å². The number of carbonyl (C=O) groups excluding carboxylic acids is 2. The minimum absolute atomic E-state index is 0.0279. The number of fused-ring (bicyclic) bond motifs is 1. The van der Waals surface area contributed by atoms with Crippen molar-refractivity contribution in [2.24, 2.45) is 5.73 Å². The van der Waals surface area contributed by atoms with E-state index in [1.54, 1.807) is 0 Å². The molecular weight excluding hydrogens is 254 g/mol. The van der Waals surface area contributed by atoms with E-state index in [4.69, 9.17) is 5.73 Å². The molecule has 1 heterocycles. The highest BCUT2D eigenvalue weighted by Crippen LogP contribution is 2.25. The van der Waals surface area contributed by atoms with E-state index >= 15 is 0 Å². The smallest absolute Gasteiger partial charge is 0.224 e. The summed E-state index contributed by atoms with van der Waals surface area (Å²) < 4.78 is 0. The molecule has 108 valence electrons. The number of benzene rings is 1. The van der Waals surface area contributed by atoms with Gasteiger partial charge in [0.25, 0.3) is 0 Å². The molecule has 1 aliphatic heterocycles. The van der Waals surface area contributed by atoms with Crippen LogP contribution in [0.4, 0.5) is 11.4 Å². The number of hydrogen-bond donors (Lipinski definition) is 3. The van der Waals surface area contributed by atoms with E-state index in [9.17, 15) is 9.59 Å². The first-order valence-electron chi connectivity index (χ1n) is 7.03. The lowest BCUT2D eigenvalue weighted by molar-refractivity contribution is -0.117. The highest BCUT2D eigenvalue weighted by atomic mass is 16.2. The number of carbonyl (C=O) groups is 2. The van der Waals surface area contributed by atoms with Gasteiger partial charge in [-0.05, 0) is 49.9 Å². The van der Waals surface area contributed by atoms with Gasteiger partial charge in [0.1, 0.15) is 0 Å². The molecule has 1 unspecified atom stereocenters. The lowest BCUT2D eigenvalue weighted by atomic mass is 10.1. The maximum Gasteiger partial charge on any atom is 0.224 e. The van der Waals surface area contributed by atoms with Crippen molar-refractivity contribution in [3.05, 3.63) is 23.8 Å². The third-order valence-electron chi connectivity index (χ3n) is 3.34. The van der Waals surface area contributed by atoms with Crippen LogP contribution in [0.1, 0.15) is 38.2 Å². The summed E-state index contributed by atoms with van der Waals surface area (Å²) in [6, 6.07) is 5.63. The number of amides is 2. The summed E-state index contributed by atoms with van der Waals surface area (Å²) in [6.07, 6.45) is 3.32. The molecule has 2 amide bonds. The van der Waals surface area contributed by atoms with Crippen molar-refractivity contribution in [2.75, 3.05) is 10.6 Å². The Bertz CT molecular complexity index is 512. The summed E-state index contributed by atoms with van der Waals surface area (Å²) in [4.78, 5) is 23.2. The second-order valence-corrected chi connectivity index (χ2v) is 5.34. The van der Waals surface area contributed by atoms with Gasteiger partial charge in [-0.2, -0.15) is 0 Å². The van der Waals surface area contributed by atoms with Crippen molar-refractivity contribution in [3.63, 3.8) is 0 Å². The summed E-state index contributed by atoms with van der Waals surface area (Å²) in [7, 11) is 0. The third kappa shape index (κ3) is 4.06. The topological polar surface area (TPSA) is 84.2 Å². The SMILES string of the molecule is CC(N)CCC(=O)Nc1ccc2c(c1)CCCC(=O)N2. The standard InChI is InChI=1S/C15H21N3O2/c1-10(16)5-8-15(20)17-12-6-7-13-11(9-12)3-2-4-14(19)18-13/h6-7,9-10H,2-5,8,16H2,1H3,(H,17,20)(H,18,19). The highest BCUT2D eigenvalue weighted by Gasteiger charge is 2.13. The van der Waals surface area contributed by atoms with Crippen LogP contribution in [-0.4, -0.2) is 17.9 Å². The Morgan fingerprint density at radius 2 is 2.25 bits per heavy atom. The van der Waals surface area contributed by atoms with Gasteiger partial charge in [-0.1, -0.05) is 0 Å². The zero-order valence-corrected chi connectivity index (χ0v) is 11.7. The van der Waals surface area contributed by atoms with Gasteiger partial charge in [0.05, 0.1) is 0 Å². The average molecular weight is 275 g/mol. The van der Waals surface area contributed by atoms with Crippen LogP contribution >= 0.6 is 0 Å². The predicted molar refractivity (Wildman–Crippen MR) is 79.5 cm³/mol. The molecule has 5 nitrogen and oxygen atoms in total. The Labute approximate surface area is 118 Å². The number of aryl methyl sites for hydroxylation is 1.